The van der Waals surface area contributed by atoms with Crippen LogP contribution in [0.4, 0.5) is 0 Å². The highest BCUT2D eigenvalue weighted by atomic mass is 31.2. The van der Waals surface area contributed by atoms with E-state index in [0.717, 1.165) is 161 Å². The van der Waals surface area contributed by atoms with Crippen molar-refractivity contribution in [3.63, 3.8) is 0 Å². The molecule has 0 aliphatic heterocycles. The summed E-state index contributed by atoms with van der Waals surface area (Å²) in [5.74, 6) is -2.40. The molecule has 0 aromatic rings. The molecule has 5 unspecified atom stereocenters. The van der Waals surface area contributed by atoms with Gasteiger partial charge in [-0.15, -0.1) is 0 Å². The molecular formula is C81H132O17P2. The first-order valence-corrected chi connectivity index (χ1v) is 40.7. The molecule has 0 saturated heterocycles. The number of ether oxygens (including phenoxy) is 4. The van der Waals surface area contributed by atoms with Gasteiger partial charge >= 0.3 is 39.5 Å². The number of phosphoric ester groups is 2. The van der Waals surface area contributed by atoms with Crippen LogP contribution in [0.1, 0.15) is 272 Å². The fourth-order valence-corrected chi connectivity index (χ4v) is 10.9. The highest BCUT2D eigenvalue weighted by molar-refractivity contribution is 7.47. The summed E-state index contributed by atoms with van der Waals surface area (Å²) in [6.07, 6.45) is 82.7. The van der Waals surface area contributed by atoms with Gasteiger partial charge in [0.25, 0.3) is 0 Å². The molecule has 0 amide bonds. The van der Waals surface area contributed by atoms with Crippen LogP contribution in [0.5, 0.6) is 0 Å². The van der Waals surface area contributed by atoms with E-state index in [1.54, 1.807) is 6.08 Å². The molecule has 0 saturated carbocycles. The van der Waals surface area contributed by atoms with Crippen molar-refractivity contribution in [1.82, 2.24) is 0 Å². The van der Waals surface area contributed by atoms with Crippen LogP contribution in [0.2, 0.25) is 0 Å². The second-order valence-corrected chi connectivity index (χ2v) is 27.4. The maximum Gasteiger partial charge on any atom is 0.472 e. The number of unbranched alkanes of at least 4 members (excludes halogenated alkanes) is 18. The number of phosphoric acid groups is 2. The van der Waals surface area contributed by atoms with E-state index in [4.69, 9.17) is 37.0 Å². The van der Waals surface area contributed by atoms with Gasteiger partial charge in [-0.05, 0) is 148 Å². The number of rotatable bonds is 69. The van der Waals surface area contributed by atoms with E-state index < -0.39 is 97.5 Å². The number of esters is 4. The fraction of sp³-hybridized carbons (Fsp3) is 0.630. The lowest BCUT2D eigenvalue weighted by Crippen LogP contribution is -2.30. The van der Waals surface area contributed by atoms with Gasteiger partial charge in [-0.3, -0.25) is 37.3 Å². The summed E-state index contributed by atoms with van der Waals surface area (Å²) in [4.78, 5) is 72.8. The summed E-state index contributed by atoms with van der Waals surface area (Å²) < 4.78 is 68.3. The summed E-state index contributed by atoms with van der Waals surface area (Å²) in [6, 6.07) is 0. The highest BCUT2D eigenvalue weighted by Crippen LogP contribution is 2.45. The van der Waals surface area contributed by atoms with Crippen molar-refractivity contribution in [2.75, 3.05) is 39.6 Å². The van der Waals surface area contributed by atoms with Gasteiger partial charge in [0.15, 0.2) is 12.2 Å². The fourth-order valence-electron chi connectivity index (χ4n) is 9.35. The summed E-state index contributed by atoms with van der Waals surface area (Å²) in [5.41, 5.74) is 0. The zero-order valence-corrected chi connectivity index (χ0v) is 63.6. The normalized spacial score (nSPS) is 14.8. The summed E-state index contributed by atoms with van der Waals surface area (Å²) in [5, 5.41) is 10.6. The number of aliphatic hydroxyl groups excluding tert-OH is 1. The number of hydrogen-bond acceptors (Lipinski definition) is 15. The van der Waals surface area contributed by atoms with Crippen LogP contribution in [-0.4, -0.2) is 96.7 Å². The van der Waals surface area contributed by atoms with Crippen molar-refractivity contribution in [2.24, 2.45) is 0 Å². The smallest absolute Gasteiger partial charge is 0.462 e. The molecular weight excluding hydrogens is 1310 g/mol. The van der Waals surface area contributed by atoms with Gasteiger partial charge in [0, 0.05) is 19.3 Å². The van der Waals surface area contributed by atoms with Crippen molar-refractivity contribution >= 4 is 39.5 Å². The molecule has 19 heteroatoms. The van der Waals surface area contributed by atoms with Crippen LogP contribution in [0.3, 0.4) is 0 Å². The lowest BCUT2D eigenvalue weighted by Gasteiger charge is -2.21. The molecule has 0 heterocycles. The molecule has 568 valence electrons. The second kappa shape index (κ2) is 72.0. The molecule has 100 heavy (non-hydrogen) atoms. The molecule has 0 aliphatic rings. The van der Waals surface area contributed by atoms with Crippen molar-refractivity contribution in [3.05, 3.63) is 158 Å². The predicted octanol–water partition coefficient (Wildman–Crippen LogP) is 21.7. The standard InChI is InChI=1S/C81H132O17P2/c1-5-9-13-17-21-25-29-33-36-37-40-43-46-50-54-58-62-66-79(84)92-72-77(98-81(86)68-64-60-56-52-48-44-39-35-31-27-23-19-15-11-7-3)74-96-100(89,90)94-70-75(82)69-93-99(87,88)95-73-76(97-80(85)67-63-59-55-51-47-41-32-28-24-20-16-12-8-4)71-91-78(83)65-61-57-53-49-45-42-38-34-30-26-22-18-14-10-6-2/h9-11,13-15,21-23,25-28,32-36,38-39,45,48-49,52,57,61,75-77,82H,5-8,12,16-20,24,29-31,37,40-44,46-47,50-51,53-56,58-60,62-74H2,1-4H3,(H,87,88)(H,89,90)/b13-9-,14-10-,15-11-,25-21-,26-22-,27-23-,32-28-,36-33-,38-34-,39-35-,49-45-,52-48-,61-57-. The van der Waals surface area contributed by atoms with E-state index in [2.05, 4.69) is 161 Å². The molecule has 0 radical (unpaired) electrons. The monoisotopic (exact) mass is 1440 g/mol. The summed E-state index contributed by atoms with van der Waals surface area (Å²) in [7, 11) is -10.0. The third-order valence-electron chi connectivity index (χ3n) is 15.0. The minimum absolute atomic E-state index is 0.0331. The van der Waals surface area contributed by atoms with E-state index >= 15 is 0 Å². The SMILES string of the molecule is CC/C=C\C/C=C\C/C=C\C/C=C\C/C=C\CC(=O)OCC(COP(=O)(O)OCC(O)COP(=O)(O)OCC(COC(=O)CCCCCCCCC/C=C\C/C=C\C/C=C\CC)OC(=O)CCCC/C=C\C/C=C\C/C=C\C/C=C\CC)OC(=O)CCCCCCC/C=C\CCCCCC. The van der Waals surface area contributed by atoms with Gasteiger partial charge in [0.05, 0.1) is 32.8 Å². The van der Waals surface area contributed by atoms with E-state index in [1.807, 2.05) is 18.2 Å². The first-order chi connectivity index (χ1) is 48.7. The van der Waals surface area contributed by atoms with Gasteiger partial charge in [0.2, 0.25) is 0 Å². The topological polar surface area (TPSA) is 237 Å². The Hall–Kier alpha value is -5.32. The van der Waals surface area contributed by atoms with Crippen molar-refractivity contribution in [1.29, 1.82) is 0 Å². The third kappa shape index (κ3) is 71.1. The van der Waals surface area contributed by atoms with Crippen LogP contribution in [0, 0.1) is 0 Å². The Bertz CT molecular complexity index is 2520. The molecule has 3 N–H and O–H groups in total. The third-order valence-corrected chi connectivity index (χ3v) is 16.9. The lowest BCUT2D eigenvalue weighted by atomic mass is 10.1. The number of carbonyl (C=O) groups is 4. The Labute approximate surface area is 604 Å². The van der Waals surface area contributed by atoms with Crippen LogP contribution in [0.15, 0.2) is 158 Å². The average molecular weight is 1440 g/mol. The van der Waals surface area contributed by atoms with E-state index in [9.17, 15) is 43.2 Å². The van der Waals surface area contributed by atoms with Crippen LogP contribution >= 0.6 is 15.6 Å². The zero-order chi connectivity index (χ0) is 73.2. The van der Waals surface area contributed by atoms with Gasteiger partial charge in [0.1, 0.15) is 19.3 Å². The van der Waals surface area contributed by atoms with Crippen molar-refractivity contribution < 1.29 is 80.2 Å². The van der Waals surface area contributed by atoms with Gasteiger partial charge in [-0.2, -0.15) is 0 Å². The van der Waals surface area contributed by atoms with Crippen molar-refractivity contribution in [2.45, 2.75) is 290 Å². The Kier molecular flexibility index (Phi) is 68.2. The molecule has 0 aromatic carbocycles. The van der Waals surface area contributed by atoms with E-state index in [0.29, 0.717) is 32.1 Å². The van der Waals surface area contributed by atoms with Crippen molar-refractivity contribution in [3.8, 4) is 0 Å². The van der Waals surface area contributed by atoms with Gasteiger partial charge < -0.3 is 33.8 Å². The molecule has 0 aliphatic carbocycles. The molecule has 0 fully saturated rings. The molecule has 0 spiro atoms. The van der Waals surface area contributed by atoms with Gasteiger partial charge in [-0.25, -0.2) is 9.13 Å². The molecule has 17 nitrogen and oxygen atoms in total. The molecule has 0 aromatic heterocycles. The summed E-state index contributed by atoms with van der Waals surface area (Å²) in [6.45, 7) is 4.31. The lowest BCUT2D eigenvalue weighted by molar-refractivity contribution is -0.161. The van der Waals surface area contributed by atoms with Gasteiger partial charge in [-0.1, -0.05) is 256 Å². The Morgan fingerprint density at radius 2 is 0.560 bits per heavy atom. The highest BCUT2D eigenvalue weighted by Gasteiger charge is 2.30. The van der Waals surface area contributed by atoms with Crippen LogP contribution in [-0.2, 0) is 65.4 Å². The Morgan fingerprint density at radius 3 is 0.920 bits per heavy atom. The van der Waals surface area contributed by atoms with Crippen LogP contribution < -0.4 is 0 Å². The first-order valence-electron chi connectivity index (χ1n) is 37.7. The minimum atomic E-state index is -5.00. The molecule has 5 atom stereocenters. The quantitative estimate of drug-likeness (QED) is 0.0169. The minimum Gasteiger partial charge on any atom is -0.462 e. The number of carbonyl (C=O) groups excluding carboxylic acids is 4. The number of allylic oxidation sites excluding steroid dienone is 25. The van der Waals surface area contributed by atoms with Crippen LogP contribution in [0.25, 0.3) is 0 Å². The first kappa shape index (κ1) is 94.7. The maximum absolute atomic E-state index is 13.1. The zero-order valence-electron chi connectivity index (χ0n) is 61.8. The van der Waals surface area contributed by atoms with E-state index in [-0.39, 0.29) is 25.7 Å². The number of hydrogen-bond donors (Lipinski definition) is 3. The maximum atomic E-state index is 13.1. The Balaban J connectivity index is 5.47. The predicted molar refractivity (Wildman–Crippen MR) is 408 cm³/mol. The van der Waals surface area contributed by atoms with E-state index in [1.165, 1.54) is 25.7 Å². The Morgan fingerprint density at radius 1 is 0.300 bits per heavy atom. The second-order valence-electron chi connectivity index (χ2n) is 24.5. The number of aliphatic hydroxyl groups is 1. The largest absolute Gasteiger partial charge is 0.472 e. The summed E-state index contributed by atoms with van der Waals surface area (Å²) >= 11 is 0. The molecule has 0 bridgehead atoms. The molecule has 0 rings (SSSR count). The average Bonchev–Trinajstić information content (AvgIpc) is 0.937.